The molecule has 0 saturated heterocycles. The monoisotopic (exact) mass is 248 g/mol. The number of thioether (sulfide) groups is 1. The Morgan fingerprint density at radius 2 is 2.24 bits per heavy atom. The summed E-state index contributed by atoms with van der Waals surface area (Å²) >= 11 is 1.90. The summed E-state index contributed by atoms with van der Waals surface area (Å²) in [6, 6.07) is 6.28. The summed E-state index contributed by atoms with van der Waals surface area (Å²) in [5, 5.41) is 10.1. The maximum absolute atomic E-state index is 11.5. The van der Waals surface area contributed by atoms with Crippen molar-refractivity contribution in [1.29, 1.82) is 0 Å². The largest absolute Gasteiger partial charge is 0.481 e. The predicted molar refractivity (Wildman–Crippen MR) is 68.6 cm³/mol. The third-order valence-electron chi connectivity index (χ3n) is 4.07. The van der Waals surface area contributed by atoms with Gasteiger partial charge < -0.3 is 5.11 Å². The first-order valence-corrected chi connectivity index (χ1v) is 7.03. The highest BCUT2D eigenvalue weighted by Gasteiger charge is 2.46. The van der Waals surface area contributed by atoms with Gasteiger partial charge in [-0.3, -0.25) is 4.79 Å². The molecule has 0 aromatic heterocycles. The second-order valence-corrected chi connectivity index (χ2v) is 6.68. The average molecular weight is 248 g/mol. The van der Waals surface area contributed by atoms with Gasteiger partial charge in [0.1, 0.15) is 0 Å². The number of carboxylic acid groups (broad SMARTS) is 1. The van der Waals surface area contributed by atoms with Gasteiger partial charge in [0.05, 0.1) is 5.41 Å². The number of aliphatic carboxylic acids is 1. The number of benzene rings is 1. The van der Waals surface area contributed by atoms with E-state index in [0.29, 0.717) is 5.25 Å². The lowest BCUT2D eigenvalue weighted by Gasteiger charge is -2.38. The van der Waals surface area contributed by atoms with Crippen molar-refractivity contribution in [3.05, 3.63) is 29.3 Å². The summed E-state index contributed by atoms with van der Waals surface area (Å²) in [5.74, 6) is -0.651. The van der Waals surface area contributed by atoms with Crippen LogP contribution in [0.15, 0.2) is 23.1 Å². The van der Waals surface area contributed by atoms with Crippen molar-refractivity contribution in [3.63, 3.8) is 0 Å². The van der Waals surface area contributed by atoms with Crippen molar-refractivity contribution in [2.24, 2.45) is 0 Å². The quantitative estimate of drug-likeness (QED) is 0.873. The van der Waals surface area contributed by atoms with E-state index in [1.807, 2.05) is 17.8 Å². The maximum Gasteiger partial charge on any atom is 0.314 e. The normalized spacial score (nSPS) is 25.1. The van der Waals surface area contributed by atoms with E-state index < -0.39 is 11.4 Å². The number of hydrogen-bond acceptors (Lipinski definition) is 2. The van der Waals surface area contributed by atoms with Crippen LogP contribution in [0.2, 0.25) is 0 Å². The Bertz CT molecular complexity index is 477. The maximum atomic E-state index is 11.5. The molecular weight excluding hydrogens is 232 g/mol. The molecule has 1 heterocycles. The fraction of sp³-hybridized carbons (Fsp3) is 0.500. The fourth-order valence-corrected chi connectivity index (χ4v) is 4.01. The fourth-order valence-electron chi connectivity index (χ4n) is 2.88. The van der Waals surface area contributed by atoms with Crippen LogP contribution < -0.4 is 0 Å². The Balaban J connectivity index is 2.00. The molecule has 1 aromatic carbocycles. The molecular formula is C14H16O2S. The van der Waals surface area contributed by atoms with Crippen molar-refractivity contribution < 1.29 is 9.90 Å². The minimum absolute atomic E-state index is 0.578. The number of fused-ring (bicyclic) bond motifs is 1. The molecule has 1 fully saturated rings. The predicted octanol–water partition coefficient (Wildman–Crippen LogP) is 3.23. The zero-order chi connectivity index (χ0) is 12.0. The van der Waals surface area contributed by atoms with E-state index >= 15 is 0 Å². The zero-order valence-electron chi connectivity index (χ0n) is 9.90. The zero-order valence-corrected chi connectivity index (χ0v) is 10.7. The first-order chi connectivity index (χ1) is 8.12. The number of hydrogen-bond donors (Lipinski definition) is 1. The molecule has 1 unspecified atom stereocenters. The molecule has 0 spiro atoms. The van der Waals surface area contributed by atoms with E-state index in [0.717, 1.165) is 31.2 Å². The molecule has 2 nitrogen and oxygen atoms in total. The average Bonchev–Trinajstić information content (AvgIpc) is 2.54. The van der Waals surface area contributed by atoms with Crippen LogP contribution >= 0.6 is 11.8 Å². The molecule has 17 heavy (non-hydrogen) atoms. The van der Waals surface area contributed by atoms with E-state index in [4.69, 9.17) is 0 Å². The smallest absolute Gasteiger partial charge is 0.314 e. The Morgan fingerprint density at radius 1 is 1.47 bits per heavy atom. The van der Waals surface area contributed by atoms with E-state index in [-0.39, 0.29) is 0 Å². The third-order valence-corrected chi connectivity index (χ3v) is 5.29. The van der Waals surface area contributed by atoms with Crippen LogP contribution in [0.4, 0.5) is 0 Å². The van der Waals surface area contributed by atoms with Crippen molar-refractivity contribution >= 4 is 17.7 Å². The molecule has 3 heteroatoms. The van der Waals surface area contributed by atoms with Crippen LogP contribution in [0, 0.1) is 0 Å². The molecule has 1 aliphatic carbocycles. The summed E-state index contributed by atoms with van der Waals surface area (Å²) < 4.78 is 0. The molecule has 0 bridgehead atoms. The van der Waals surface area contributed by atoms with Gasteiger partial charge in [0.15, 0.2) is 0 Å². The summed E-state index contributed by atoms with van der Waals surface area (Å²) in [7, 11) is 0. The minimum atomic E-state index is -0.651. The van der Waals surface area contributed by atoms with Gasteiger partial charge in [-0.05, 0) is 36.5 Å². The van der Waals surface area contributed by atoms with Crippen molar-refractivity contribution in [3.8, 4) is 0 Å². The SMILES string of the molecule is CC1Cc2cc(C3(C(=O)O)CCC3)ccc2S1. The second kappa shape index (κ2) is 3.77. The molecule has 1 saturated carbocycles. The number of carbonyl (C=O) groups is 1. The Kier molecular flexibility index (Phi) is 2.47. The van der Waals surface area contributed by atoms with Gasteiger partial charge in [0.25, 0.3) is 0 Å². The number of rotatable bonds is 2. The lowest BCUT2D eigenvalue weighted by atomic mass is 9.64. The van der Waals surface area contributed by atoms with Crippen LogP contribution in [0.25, 0.3) is 0 Å². The van der Waals surface area contributed by atoms with Gasteiger partial charge in [-0.25, -0.2) is 0 Å². The molecule has 1 aromatic rings. The van der Waals surface area contributed by atoms with Crippen LogP contribution in [0.3, 0.4) is 0 Å². The minimum Gasteiger partial charge on any atom is -0.481 e. The summed E-state index contributed by atoms with van der Waals surface area (Å²) in [6.45, 7) is 2.22. The van der Waals surface area contributed by atoms with E-state index in [9.17, 15) is 9.90 Å². The molecule has 3 rings (SSSR count). The van der Waals surface area contributed by atoms with Gasteiger partial charge in [0, 0.05) is 10.1 Å². The van der Waals surface area contributed by atoms with E-state index in [2.05, 4.69) is 19.1 Å². The highest BCUT2D eigenvalue weighted by atomic mass is 32.2. The van der Waals surface area contributed by atoms with Gasteiger partial charge in [-0.15, -0.1) is 11.8 Å². The highest BCUT2D eigenvalue weighted by Crippen LogP contribution is 2.46. The van der Waals surface area contributed by atoms with Gasteiger partial charge >= 0.3 is 5.97 Å². The summed E-state index contributed by atoms with van der Waals surface area (Å²) in [5.41, 5.74) is 1.78. The molecule has 1 N–H and O–H groups in total. The third kappa shape index (κ3) is 1.60. The molecule has 0 amide bonds. The first-order valence-electron chi connectivity index (χ1n) is 6.15. The molecule has 90 valence electrons. The van der Waals surface area contributed by atoms with Gasteiger partial charge in [-0.1, -0.05) is 25.5 Å². The van der Waals surface area contributed by atoms with E-state index in [1.165, 1.54) is 10.5 Å². The Labute approximate surface area is 105 Å². The lowest BCUT2D eigenvalue weighted by Crippen LogP contribution is -2.42. The van der Waals surface area contributed by atoms with Crippen molar-refractivity contribution in [1.82, 2.24) is 0 Å². The molecule has 1 aliphatic heterocycles. The summed E-state index contributed by atoms with van der Waals surface area (Å²) in [6.07, 6.45) is 3.70. The van der Waals surface area contributed by atoms with Crippen molar-refractivity contribution in [2.45, 2.75) is 48.2 Å². The van der Waals surface area contributed by atoms with Crippen LogP contribution in [0.5, 0.6) is 0 Å². The van der Waals surface area contributed by atoms with Crippen LogP contribution in [-0.2, 0) is 16.6 Å². The molecule has 0 radical (unpaired) electrons. The van der Waals surface area contributed by atoms with Gasteiger partial charge in [0.2, 0.25) is 0 Å². The molecule has 1 atom stereocenters. The topological polar surface area (TPSA) is 37.3 Å². The highest BCUT2D eigenvalue weighted by molar-refractivity contribution is 8.00. The van der Waals surface area contributed by atoms with Gasteiger partial charge in [-0.2, -0.15) is 0 Å². The van der Waals surface area contributed by atoms with E-state index in [1.54, 1.807) is 0 Å². The number of carboxylic acids is 1. The Morgan fingerprint density at radius 3 is 2.82 bits per heavy atom. The summed E-state index contributed by atoms with van der Waals surface area (Å²) in [4.78, 5) is 12.8. The first kappa shape index (κ1) is 11.1. The molecule has 2 aliphatic rings. The van der Waals surface area contributed by atoms with Crippen molar-refractivity contribution in [2.75, 3.05) is 0 Å². The second-order valence-electron chi connectivity index (χ2n) is 5.20. The van der Waals surface area contributed by atoms with Crippen LogP contribution in [0.1, 0.15) is 37.3 Å². The lowest BCUT2D eigenvalue weighted by molar-refractivity contribution is -0.147. The standard InChI is InChI=1S/C14H16O2S/c1-9-7-10-8-11(3-4-12(10)17-9)14(13(15)16)5-2-6-14/h3-4,8-9H,2,5-7H2,1H3,(H,15,16). The Hall–Kier alpha value is -0.960. The van der Waals surface area contributed by atoms with Crippen LogP contribution in [-0.4, -0.2) is 16.3 Å².